The fourth-order valence-electron chi connectivity index (χ4n) is 1.37. The topological polar surface area (TPSA) is 12.0 Å². The first-order valence-electron chi connectivity index (χ1n) is 4.70. The van der Waals surface area contributed by atoms with Crippen LogP contribution in [0.3, 0.4) is 0 Å². The third-order valence-electron chi connectivity index (χ3n) is 2.12. The zero-order valence-electron chi connectivity index (χ0n) is 8.77. The number of rotatable bonds is 3. The van der Waals surface area contributed by atoms with Crippen LogP contribution in [0.4, 0.5) is 0 Å². The minimum Gasteiger partial charge on any atom is -0.312 e. The van der Waals surface area contributed by atoms with Crippen LogP contribution in [0.15, 0.2) is 22.7 Å². The molecule has 0 aliphatic rings. The van der Waals surface area contributed by atoms with E-state index in [1.165, 1.54) is 0 Å². The Hall–Kier alpha value is -0.490. The lowest BCUT2D eigenvalue weighted by Gasteiger charge is -2.14. The molecular weight excluding hydrogens is 273 g/mol. The molecule has 1 rings (SSSR count). The lowest BCUT2D eigenvalue weighted by atomic mass is 10.0. The van der Waals surface area contributed by atoms with Crippen LogP contribution in [-0.4, -0.2) is 7.05 Å². The molecule has 1 aromatic carbocycles. The smallest absolute Gasteiger partial charge is 0.0429 e. The summed E-state index contributed by atoms with van der Waals surface area (Å²) in [6.45, 7) is 1.85. The van der Waals surface area contributed by atoms with Crippen molar-refractivity contribution in [2.75, 3.05) is 7.05 Å². The van der Waals surface area contributed by atoms with E-state index in [9.17, 15) is 0 Å². The van der Waals surface area contributed by atoms with Crippen LogP contribution >= 0.6 is 27.5 Å². The van der Waals surface area contributed by atoms with Gasteiger partial charge in [-0.25, -0.2) is 0 Å². The van der Waals surface area contributed by atoms with Crippen LogP contribution in [0, 0.1) is 11.8 Å². The summed E-state index contributed by atoms with van der Waals surface area (Å²) in [5, 5.41) is 3.97. The molecule has 0 radical (unpaired) electrons. The Kier molecular flexibility index (Phi) is 5.17. The van der Waals surface area contributed by atoms with Crippen LogP contribution in [0.2, 0.25) is 5.02 Å². The van der Waals surface area contributed by atoms with Crippen LogP contribution in [0.5, 0.6) is 0 Å². The Morgan fingerprint density at radius 1 is 1.47 bits per heavy atom. The molecular formula is C12H13BrClN. The van der Waals surface area contributed by atoms with Gasteiger partial charge in [0.2, 0.25) is 0 Å². The average Bonchev–Trinajstić information content (AvgIpc) is 2.17. The first-order valence-corrected chi connectivity index (χ1v) is 5.87. The summed E-state index contributed by atoms with van der Waals surface area (Å²) in [7, 11) is 1.93. The van der Waals surface area contributed by atoms with Gasteiger partial charge in [-0.15, -0.1) is 11.8 Å². The van der Waals surface area contributed by atoms with E-state index in [0.29, 0.717) is 0 Å². The summed E-state index contributed by atoms with van der Waals surface area (Å²) in [5.41, 5.74) is 1.15. The Morgan fingerprint density at radius 2 is 2.20 bits per heavy atom. The van der Waals surface area contributed by atoms with Gasteiger partial charge in [-0.1, -0.05) is 27.5 Å². The molecule has 0 amide bonds. The largest absolute Gasteiger partial charge is 0.312 e. The van der Waals surface area contributed by atoms with E-state index in [1.807, 2.05) is 26.1 Å². The number of halogens is 2. The molecule has 1 N–H and O–H groups in total. The van der Waals surface area contributed by atoms with Crippen molar-refractivity contribution in [1.29, 1.82) is 0 Å². The Bertz CT molecular complexity index is 372. The third-order valence-corrected chi connectivity index (χ3v) is 2.79. The fraction of sp³-hybridized carbons (Fsp3) is 0.333. The first-order chi connectivity index (χ1) is 7.17. The highest BCUT2D eigenvalue weighted by Gasteiger charge is 2.08. The second-order valence-electron chi connectivity index (χ2n) is 3.17. The van der Waals surface area contributed by atoms with Crippen LogP contribution in [0.25, 0.3) is 0 Å². The molecule has 15 heavy (non-hydrogen) atoms. The molecule has 0 saturated heterocycles. The fourth-order valence-corrected chi connectivity index (χ4v) is 2.25. The van der Waals surface area contributed by atoms with Crippen molar-refractivity contribution >= 4 is 27.5 Å². The minimum atomic E-state index is 0.229. The van der Waals surface area contributed by atoms with Crippen molar-refractivity contribution in [3.63, 3.8) is 0 Å². The summed E-state index contributed by atoms with van der Waals surface area (Å²) >= 11 is 9.42. The number of hydrogen-bond donors (Lipinski definition) is 1. The maximum Gasteiger partial charge on any atom is 0.0429 e. The van der Waals surface area contributed by atoms with Gasteiger partial charge in [0.15, 0.2) is 0 Å². The van der Waals surface area contributed by atoms with Crippen LogP contribution < -0.4 is 5.32 Å². The van der Waals surface area contributed by atoms with Gasteiger partial charge in [0.25, 0.3) is 0 Å². The van der Waals surface area contributed by atoms with Gasteiger partial charge >= 0.3 is 0 Å². The quantitative estimate of drug-likeness (QED) is 0.834. The molecule has 1 atom stereocenters. The average molecular weight is 287 g/mol. The summed E-state index contributed by atoms with van der Waals surface area (Å²) < 4.78 is 0.995. The van der Waals surface area contributed by atoms with Crippen molar-refractivity contribution in [2.24, 2.45) is 0 Å². The standard InChI is InChI=1S/C12H13BrClN/c1-3-4-5-12(15-2)9-6-10(13)8-11(14)7-9/h6-8,12,15H,5H2,1-2H3. The molecule has 0 heterocycles. The summed E-state index contributed by atoms with van der Waals surface area (Å²) in [6, 6.07) is 6.13. The normalized spacial score (nSPS) is 11.7. The molecule has 0 bridgehead atoms. The summed E-state index contributed by atoms with van der Waals surface area (Å²) in [4.78, 5) is 0. The Balaban J connectivity index is 2.93. The molecule has 80 valence electrons. The van der Waals surface area contributed by atoms with E-state index >= 15 is 0 Å². The van der Waals surface area contributed by atoms with Crippen molar-refractivity contribution in [3.05, 3.63) is 33.3 Å². The van der Waals surface area contributed by atoms with E-state index in [1.54, 1.807) is 0 Å². The maximum absolute atomic E-state index is 5.99. The predicted octanol–water partition coefficient (Wildman–Crippen LogP) is 3.78. The Labute approximate surface area is 104 Å². The highest BCUT2D eigenvalue weighted by molar-refractivity contribution is 9.10. The minimum absolute atomic E-state index is 0.229. The third kappa shape index (κ3) is 3.87. The Morgan fingerprint density at radius 3 is 2.73 bits per heavy atom. The highest BCUT2D eigenvalue weighted by Crippen LogP contribution is 2.25. The first kappa shape index (κ1) is 12.6. The van der Waals surface area contributed by atoms with Crippen molar-refractivity contribution in [1.82, 2.24) is 5.32 Å². The van der Waals surface area contributed by atoms with E-state index in [2.05, 4.69) is 39.2 Å². The monoisotopic (exact) mass is 285 g/mol. The second kappa shape index (κ2) is 6.17. The SMILES string of the molecule is CC#CCC(NC)c1cc(Cl)cc(Br)c1. The van der Waals surface area contributed by atoms with Crippen LogP contribution in [0.1, 0.15) is 24.9 Å². The summed E-state index contributed by atoms with van der Waals surface area (Å²) in [6.07, 6.45) is 0.791. The molecule has 0 aliphatic carbocycles. The molecule has 0 aromatic heterocycles. The van der Waals surface area contributed by atoms with E-state index in [0.717, 1.165) is 21.5 Å². The van der Waals surface area contributed by atoms with Gasteiger partial charge in [0.05, 0.1) is 0 Å². The number of hydrogen-bond acceptors (Lipinski definition) is 1. The van der Waals surface area contributed by atoms with Gasteiger partial charge in [-0.05, 0) is 37.7 Å². The molecule has 0 aliphatic heterocycles. The molecule has 0 spiro atoms. The van der Waals surface area contributed by atoms with Gasteiger partial charge in [-0.2, -0.15) is 0 Å². The maximum atomic E-state index is 5.99. The zero-order valence-corrected chi connectivity index (χ0v) is 11.1. The lowest BCUT2D eigenvalue weighted by molar-refractivity contribution is 0.611. The van der Waals surface area contributed by atoms with Gasteiger partial charge in [0, 0.05) is 22.0 Å². The molecule has 0 saturated carbocycles. The van der Waals surface area contributed by atoms with Crippen molar-refractivity contribution in [2.45, 2.75) is 19.4 Å². The van der Waals surface area contributed by atoms with E-state index < -0.39 is 0 Å². The lowest BCUT2D eigenvalue weighted by Crippen LogP contribution is -2.15. The number of nitrogens with one attached hydrogen (secondary N) is 1. The summed E-state index contributed by atoms with van der Waals surface area (Å²) in [5.74, 6) is 5.96. The van der Waals surface area contributed by atoms with Gasteiger partial charge in [0.1, 0.15) is 0 Å². The van der Waals surface area contributed by atoms with E-state index in [4.69, 9.17) is 11.6 Å². The zero-order chi connectivity index (χ0) is 11.3. The molecule has 1 aromatic rings. The molecule has 1 unspecified atom stereocenters. The van der Waals surface area contributed by atoms with Crippen molar-refractivity contribution in [3.8, 4) is 11.8 Å². The van der Waals surface area contributed by atoms with Gasteiger partial charge < -0.3 is 5.32 Å². The molecule has 3 heteroatoms. The number of benzene rings is 1. The van der Waals surface area contributed by atoms with E-state index in [-0.39, 0.29) is 6.04 Å². The predicted molar refractivity (Wildman–Crippen MR) is 69.0 cm³/mol. The molecule has 1 nitrogen and oxygen atoms in total. The van der Waals surface area contributed by atoms with Crippen molar-refractivity contribution < 1.29 is 0 Å². The second-order valence-corrected chi connectivity index (χ2v) is 4.53. The van der Waals surface area contributed by atoms with Gasteiger partial charge in [-0.3, -0.25) is 0 Å². The van der Waals surface area contributed by atoms with Crippen LogP contribution in [-0.2, 0) is 0 Å². The highest BCUT2D eigenvalue weighted by atomic mass is 79.9. The molecule has 0 fully saturated rings.